The summed E-state index contributed by atoms with van der Waals surface area (Å²) < 4.78 is 5.58. The molecule has 2 fully saturated rings. The Morgan fingerprint density at radius 2 is 2.30 bits per heavy atom. The van der Waals surface area contributed by atoms with E-state index in [9.17, 15) is 4.79 Å². The Balaban J connectivity index is 1.57. The lowest BCUT2D eigenvalue weighted by Crippen LogP contribution is -2.49. The van der Waals surface area contributed by atoms with E-state index >= 15 is 0 Å². The molecule has 1 N–H and O–H groups in total. The number of hydrogen-bond acceptors (Lipinski definition) is 5. The van der Waals surface area contributed by atoms with Crippen LogP contribution >= 0.6 is 0 Å². The van der Waals surface area contributed by atoms with E-state index < -0.39 is 0 Å². The Labute approximate surface area is 137 Å². The molecule has 6 nitrogen and oxygen atoms in total. The third-order valence-electron chi connectivity index (χ3n) is 4.90. The van der Waals surface area contributed by atoms with E-state index in [1.807, 2.05) is 19.3 Å². The Kier molecular flexibility index (Phi) is 5.25. The van der Waals surface area contributed by atoms with Gasteiger partial charge in [0.05, 0.1) is 6.61 Å². The monoisotopic (exact) mass is 318 g/mol. The summed E-state index contributed by atoms with van der Waals surface area (Å²) in [6, 6.07) is 4.41. The van der Waals surface area contributed by atoms with Gasteiger partial charge in [-0.15, -0.1) is 0 Å². The molecule has 0 aliphatic carbocycles. The molecule has 3 rings (SSSR count). The zero-order chi connectivity index (χ0) is 16.2. The second kappa shape index (κ2) is 7.38. The average Bonchev–Trinajstić information content (AvgIpc) is 2.94. The number of hydrogen-bond donors (Lipinski definition) is 1. The van der Waals surface area contributed by atoms with E-state index in [-0.39, 0.29) is 12.0 Å². The summed E-state index contributed by atoms with van der Waals surface area (Å²) in [4.78, 5) is 21.1. The Morgan fingerprint density at radius 1 is 1.43 bits per heavy atom. The van der Waals surface area contributed by atoms with Crippen molar-refractivity contribution in [3.8, 4) is 0 Å². The molecule has 0 aromatic carbocycles. The van der Waals surface area contributed by atoms with Gasteiger partial charge in [0.15, 0.2) is 0 Å². The molecule has 1 amide bonds. The van der Waals surface area contributed by atoms with Crippen LogP contribution in [0.1, 0.15) is 18.0 Å². The maximum atomic E-state index is 12.3. The van der Waals surface area contributed by atoms with E-state index in [1.54, 1.807) is 6.20 Å². The van der Waals surface area contributed by atoms with E-state index in [0.717, 1.165) is 19.5 Å². The van der Waals surface area contributed by atoms with Crippen molar-refractivity contribution >= 4 is 5.91 Å². The molecule has 0 saturated carbocycles. The lowest BCUT2D eigenvalue weighted by atomic mass is 9.94. The molecule has 2 saturated heterocycles. The van der Waals surface area contributed by atoms with Crippen molar-refractivity contribution in [2.24, 2.45) is 5.92 Å². The maximum Gasteiger partial charge on any atom is 0.250 e. The van der Waals surface area contributed by atoms with Crippen LogP contribution in [0.15, 0.2) is 24.5 Å². The minimum absolute atomic E-state index is 0.0102. The molecule has 2 aliphatic heterocycles. The van der Waals surface area contributed by atoms with Gasteiger partial charge in [-0.05, 0) is 44.6 Å². The van der Waals surface area contributed by atoms with Gasteiger partial charge in [0, 0.05) is 38.1 Å². The second-order valence-electron chi connectivity index (χ2n) is 6.63. The fourth-order valence-corrected chi connectivity index (χ4v) is 3.60. The molecule has 3 atom stereocenters. The van der Waals surface area contributed by atoms with Crippen molar-refractivity contribution in [3.63, 3.8) is 0 Å². The fourth-order valence-electron chi connectivity index (χ4n) is 3.60. The first-order valence-corrected chi connectivity index (χ1v) is 8.33. The van der Waals surface area contributed by atoms with Crippen molar-refractivity contribution in [1.29, 1.82) is 0 Å². The highest BCUT2D eigenvalue weighted by molar-refractivity contribution is 5.81. The Bertz CT molecular complexity index is 525. The molecule has 1 aromatic heterocycles. The smallest absolute Gasteiger partial charge is 0.250 e. The van der Waals surface area contributed by atoms with Crippen LogP contribution < -0.4 is 5.32 Å². The number of carbonyl (C=O) groups excluding carboxylic acids is 1. The molecule has 126 valence electrons. The Hall–Kier alpha value is -1.50. The first-order valence-electron chi connectivity index (χ1n) is 8.33. The van der Waals surface area contributed by atoms with E-state index in [0.29, 0.717) is 31.7 Å². The summed E-state index contributed by atoms with van der Waals surface area (Å²) in [6.45, 7) is 3.91. The molecule has 2 aliphatic rings. The number of morpholine rings is 1. The number of nitrogens with zero attached hydrogens (tertiary/aromatic N) is 3. The number of aromatic nitrogens is 1. The van der Waals surface area contributed by atoms with Gasteiger partial charge in [0.25, 0.3) is 0 Å². The molecule has 3 heterocycles. The number of carbonyl (C=O) groups is 1. The third kappa shape index (κ3) is 3.88. The molecule has 0 bridgehead atoms. The van der Waals surface area contributed by atoms with Crippen LogP contribution in [0.5, 0.6) is 0 Å². The van der Waals surface area contributed by atoms with Crippen LogP contribution in [0, 0.1) is 5.92 Å². The number of likely N-dealkylation sites (N-methyl/N-ethyl adjacent to an activating group) is 1. The average molecular weight is 318 g/mol. The van der Waals surface area contributed by atoms with Crippen LogP contribution in [0.2, 0.25) is 0 Å². The van der Waals surface area contributed by atoms with Gasteiger partial charge in [0.2, 0.25) is 5.91 Å². The predicted molar refractivity (Wildman–Crippen MR) is 88.0 cm³/mol. The van der Waals surface area contributed by atoms with Crippen molar-refractivity contribution in [2.45, 2.75) is 18.6 Å². The van der Waals surface area contributed by atoms with Gasteiger partial charge in [-0.1, -0.05) is 6.07 Å². The minimum Gasteiger partial charge on any atom is -0.366 e. The normalized spacial score (nSPS) is 29.6. The molecular formula is C17H26N4O2. The van der Waals surface area contributed by atoms with Crippen molar-refractivity contribution in [2.75, 3.05) is 46.9 Å². The number of amides is 1. The standard InChI is InChI=1S/C17H26N4O2/c1-20-8-9-23-15(12-20)17(22)19-11-14-5-7-21(2)16(14)13-4-3-6-18-10-13/h3-4,6,10,14-16H,5,7-9,11-12H2,1-2H3,(H,19,22)/t14-,15-,16-/m0/s1. The SMILES string of the molecule is CN1CCO[C@H](C(=O)NC[C@@H]2CCN(C)[C@H]2c2cccnc2)C1. The fraction of sp³-hybridized carbons (Fsp3) is 0.647. The molecule has 0 spiro atoms. The topological polar surface area (TPSA) is 57.7 Å². The Morgan fingerprint density at radius 3 is 3.04 bits per heavy atom. The summed E-state index contributed by atoms with van der Waals surface area (Å²) in [7, 11) is 4.16. The quantitative estimate of drug-likeness (QED) is 0.877. The lowest BCUT2D eigenvalue weighted by molar-refractivity contribution is -0.138. The summed E-state index contributed by atoms with van der Waals surface area (Å²) in [5, 5.41) is 3.10. The summed E-state index contributed by atoms with van der Waals surface area (Å²) in [6.07, 6.45) is 4.47. The first-order chi connectivity index (χ1) is 11.1. The van der Waals surface area contributed by atoms with Gasteiger partial charge in [-0.25, -0.2) is 0 Å². The van der Waals surface area contributed by atoms with Gasteiger partial charge in [-0.3, -0.25) is 14.7 Å². The largest absolute Gasteiger partial charge is 0.366 e. The number of ether oxygens (including phenoxy) is 1. The van der Waals surface area contributed by atoms with E-state index in [1.165, 1.54) is 5.56 Å². The molecular weight excluding hydrogens is 292 g/mol. The van der Waals surface area contributed by atoms with Gasteiger partial charge in [0.1, 0.15) is 6.10 Å². The molecule has 0 unspecified atom stereocenters. The predicted octanol–water partition coefficient (Wildman–Crippen LogP) is 0.521. The van der Waals surface area contributed by atoms with Crippen LogP contribution in [0.3, 0.4) is 0 Å². The van der Waals surface area contributed by atoms with Crippen LogP contribution in [0.25, 0.3) is 0 Å². The molecule has 6 heteroatoms. The first kappa shape index (κ1) is 16.4. The number of pyridine rings is 1. The molecule has 0 radical (unpaired) electrons. The molecule has 1 aromatic rings. The van der Waals surface area contributed by atoms with Crippen molar-refractivity contribution in [3.05, 3.63) is 30.1 Å². The summed E-state index contributed by atoms with van der Waals surface area (Å²) >= 11 is 0. The summed E-state index contributed by atoms with van der Waals surface area (Å²) in [5.41, 5.74) is 1.22. The molecule has 23 heavy (non-hydrogen) atoms. The highest BCUT2D eigenvalue weighted by Gasteiger charge is 2.34. The number of rotatable bonds is 4. The number of nitrogens with one attached hydrogen (secondary N) is 1. The van der Waals surface area contributed by atoms with Gasteiger partial charge < -0.3 is 15.0 Å². The van der Waals surface area contributed by atoms with Crippen LogP contribution in [0.4, 0.5) is 0 Å². The zero-order valence-electron chi connectivity index (χ0n) is 13.9. The highest BCUT2D eigenvalue weighted by atomic mass is 16.5. The third-order valence-corrected chi connectivity index (χ3v) is 4.90. The van der Waals surface area contributed by atoms with E-state index in [4.69, 9.17) is 4.74 Å². The van der Waals surface area contributed by atoms with E-state index in [2.05, 4.69) is 33.2 Å². The highest BCUT2D eigenvalue weighted by Crippen LogP contribution is 2.35. The van der Waals surface area contributed by atoms with Crippen molar-refractivity contribution < 1.29 is 9.53 Å². The van der Waals surface area contributed by atoms with Gasteiger partial charge in [-0.2, -0.15) is 0 Å². The minimum atomic E-state index is -0.343. The second-order valence-corrected chi connectivity index (χ2v) is 6.63. The van der Waals surface area contributed by atoms with Crippen LogP contribution in [-0.2, 0) is 9.53 Å². The zero-order valence-corrected chi connectivity index (χ0v) is 13.9. The van der Waals surface area contributed by atoms with Crippen LogP contribution in [-0.4, -0.2) is 73.7 Å². The maximum absolute atomic E-state index is 12.3. The lowest BCUT2D eigenvalue weighted by Gasteiger charge is -2.30. The van der Waals surface area contributed by atoms with Gasteiger partial charge >= 0.3 is 0 Å². The number of likely N-dealkylation sites (tertiary alicyclic amines) is 1. The summed E-state index contributed by atoms with van der Waals surface area (Å²) in [5.74, 6) is 0.422. The van der Waals surface area contributed by atoms with Crippen molar-refractivity contribution in [1.82, 2.24) is 20.1 Å².